The van der Waals surface area contributed by atoms with Crippen LogP contribution in [0, 0.1) is 10.1 Å². The van der Waals surface area contributed by atoms with Crippen molar-refractivity contribution < 1.29 is 19.2 Å². The van der Waals surface area contributed by atoms with Crippen molar-refractivity contribution in [3.05, 3.63) is 51.4 Å². The summed E-state index contributed by atoms with van der Waals surface area (Å²) in [5.41, 5.74) is 0.441. The van der Waals surface area contributed by atoms with Gasteiger partial charge in [-0.2, -0.15) is 0 Å². The van der Waals surface area contributed by atoms with Crippen LogP contribution in [-0.4, -0.2) is 29.4 Å². The van der Waals surface area contributed by atoms with Crippen molar-refractivity contribution >= 4 is 33.8 Å². The number of non-ortho nitro benzene ring substituents is 1. The van der Waals surface area contributed by atoms with Crippen LogP contribution >= 0.6 is 11.3 Å². The summed E-state index contributed by atoms with van der Waals surface area (Å²) >= 11 is 1.29. The van der Waals surface area contributed by atoms with Crippen molar-refractivity contribution in [2.45, 2.75) is 25.3 Å². The second kappa shape index (κ2) is 7.96. The molecule has 2 N–H and O–H groups in total. The predicted octanol–water partition coefficient (Wildman–Crippen LogP) is 2.96. The first-order valence-corrected chi connectivity index (χ1v) is 8.96. The Morgan fingerprint density at radius 2 is 1.96 bits per heavy atom. The Kier molecular flexibility index (Phi) is 5.47. The Hall–Kier alpha value is -2.94. The van der Waals surface area contributed by atoms with Gasteiger partial charge in [0.15, 0.2) is 0 Å². The number of nitrogens with one attached hydrogen (secondary N) is 2. The molecule has 1 aromatic carbocycles. The number of anilines is 1. The third-order valence-electron chi connectivity index (χ3n) is 3.72. The molecule has 1 aliphatic rings. The van der Waals surface area contributed by atoms with Crippen LogP contribution in [0.4, 0.5) is 10.7 Å². The first-order valence-electron chi connectivity index (χ1n) is 8.08. The maximum atomic E-state index is 12.1. The normalized spacial score (nSPS) is 13.1. The fourth-order valence-corrected chi connectivity index (χ4v) is 2.99. The molecule has 1 aliphatic carbocycles. The van der Waals surface area contributed by atoms with Crippen molar-refractivity contribution in [1.82, 2.24) is 5.32 Å². The van der Waals surface area contributed by atoms with Crippen LogP contribution in [0.1, 0.15) is 29.6 Å². The van der Waals surface area contributed by atoms with Crippen LogP contribution < -0.4 is 15.4 Å². The molecule has 26 heavy (non-hydrogen) atoms. The molecule has 0 saturated heterocycles. The Balaban J connectivity index is 1.46. The molecule has 0 atom stereocenters. The van der Waals surface area contributed by atoms with E-state index in [1.54, 1.807) is 11.4 Å². The summed E-state index contributed by atoms with van der Waals surface area (Å²) in [5.74, 6) is 0.00466. The van der Waals surface area contributed by atoms with E-state index < -0.39 is 4.92 Å². The number of nitro benzene ring substituents is 1. The first-order chi connectivity index (χ1) is 12.5. The lowest BCUT2D eigenvalue weighted by Crippen LogP contribution is -2.26. The highest BCUT2D eigenvalue weighted by atomic mass is 32.1. The summed E-state index contributed by atoms with van der Waals surface area (Å²) < 4.78 is 5.41. The Labute approximate surface area is 153 Å². The van der Waals surface area contributed by atoms with E-state index in [9.17, 15) is 19.7 Å². The maximum absolute atomic E-state index is 12.1. The third-order valence-corrected chi connectivity index (χ3v) is 4.55. The zero-order chi connectivity index (χ0) is 18.5. The third kappa shape index (κ3) is 4.79. The van der Waals surface area contributed by atoms with Gasteiger partial charge < -0.3 is 15.4 Å². The summed E-state index contributed by atoms with van der Waals surface area (Å²) in [6, 6.07) is 7.58. The molecule has 0 unspecified atom stereocenters. The van der Waals surface area contributed by atoms with E-state index >= 15 is 0 Å². The number of thiophene rings is 1. The number of nitro groups is 1. The molecule has 2 aromatic rings. The van der Waals surface area contributed by atoms with Gasteiger partial charge in [0.2, 0.25) is 5.91 Å². The second-order valence-corrected chi connectivity index (χ2v) is 6.72. The van der Waals surface area contributed by atoms with E-state index in [0.29, 0.717) is 16.3 Å². The minimum absolute atomic E-state index is 0.0233. The number of carbonyl (C=O) groups is 2. The highest BCUT2D eigenvalue weighted by Crippen LogP contribution is 2.26. The van der Waals surface area contributed by atoms with Gasteiger partial charge >= 0.3 is 0 Å². The number of rotatable bonds is 8. The zero-order valence-electron chi connectivity index (χ0n) is 13.8. The van der Waals surface area contributed by atoms with Crippen molar-refractivity contribution in [2.75, 3.05) is 11.9 Å². The molecule has 1 saturated carbocycles. The van der Waals surface area contributed by atoms with E-state index in [1.807, 2.05) is 0 Å². The zero-order valence-corrected chi connectivity index (χ0v) is 14.6. The lowest BCUT2D eigenvalue weighted by atomic mass is 10.3. The second-order valence-electron chi connectivity index (χ2n) is 5.81. The number of nitrogens with zero attached hydrogens (tertiary/aromatic N) is 1. The monoisotopic (exact) mass is 375 g/mol. The molecule has 3 rings (SSSR count). The Morgan fingerprint density at radius 3 is 2.62 bits per heavy atom. The van der Waals surface area contributed by atoms with E-state index in [-0.39, 0.29) is 36.6 Å². The SMILES string of the molecule is O=C(CCOc1ccc([N+](=O)[O-])cc1)Nc1sccc1C(=O)NC1CC1. The van der Waals surface area contributed by atoms with E-state index in [2.05, 4.69) is 10.6 Å². The molecule has 136 valence electrons. The van der Waals surface area contributed by atoms with Gasteiger partial charge in [-0.1, -0.05) is 0 Å². The quantitative estimate of drug-likeness (QED) is 0.544. The number of hydrogen-bond donors (Lipinski definition) is 2. The van der Waals surface area contributed by atoms with Crippen molar-refractivity contribution in [3.63, 3.8) is 0 Å². The summed E-state index contributed by atoms with van der Waals surface area (Å²) in [6.07, 6.45) is 2.09. The van der Waals surface area contributed by atoms with Crippen LogP contribution in [0.5, 0.6) is 5.75 Å². The van der Waals surface area contributed by atoms with Crippen LogP contribution in [0.25, 0.3) is 0 Å². The highest BCUT2D eigenvalue weighted by molar-refractivity contribution is 7.14. The molecule has 0 radical (unpaired) electrons. The fourth-order valence-electron chi connectivity index (χ4n) is 2.19. The van der Waals surface area contributed by atoms with Crippen LogP contribution in [0.2, 0.25) is 0 Å². The minimum atomic E-state index is -0.491. The van der Waals surface area contributed by atoms with E-state index in [4.69, 9.17) is 4.74 Å². The topological polar surface area (TPSA) is 111 Å². The molecule has 1 heterocycles. The first kappa shape index (κ1) is 17.9. The number of amides is 2. The molecule has 1 fully saturated rings. The molecule has 8 nitrogen and oxygen atoms in total. The summed E-state index contributed by atoms with van der Waals surface area (Å²) in [4.78, 5) is 34.3. The number of carbonyl (C=O) groups excluding carboxylic acids is 2. The van der Waals surface area contributed by atoms with Gasteiger partial charge in [0.05, 0.1) is 23.5 Å². The van der Waals surface area contributed by atoms with Crippen molar-refractivity contribution in [3.8, 4) is 5.75 Å². The predicted molar refractivity (Wildman–Crippen MR) is 96.6 cm³/mol. The van der Waals surface area contributed by atoms with Crippen LogP contribution in [-0.2, 0) is 4.79 Å². The average molecular weight is 375 g/mol. The van der Waals surface area contributed by atoms with E-state index in [1.165, 1.54) is 35.6 Å². The van der Waals surface area contributed by atoms with Crippen LogP contribution in [0.15, 0.2) is 35.7 Å². The van der Waals surface area contributed by atoms with Gasteiger partial charge in [-0.05, 0) is 36.4 Å². The van der Waals surface area contributed by atoms with Gasteiger partial charge in [0.1, 0.15) is 10.8 Å². The molecule has 1 aromatic heterocycles. The molecule has 0 spiro atoms. The summed E-state index contributed by atoms with van der Waals surface area (Å²) in [5, 5.41) is 18.5. The van der Waals surface area contributed by atoms with Gasteiger partial charge in [-0.3, -0.25) is 19.7 Å². The molecule has 9 heteroatoms. The summed E-state index contributed by atoms with van der Waals surface area (Å²) in [6.45, 7) is 0.124. The lowest BCUT2D eigenvalue weighted by molar-refractivity contribution is -0.384. The van der Waals surface area contributed by atoms with Gasteiger partial charge in [-0.15, -0.1) is 11.3 Å². The largest absolute Gasteiger partial charge is 0.493 e. The number of ether oxygens (including phenoxy) is 1. The molecule has 0 aliphatic heterocycles. The van der Waals surface area contributed by atoms with Gasteiger partial charge in [0, 0.05) is 18.2 Å². The maximum Gasteiger partial charge on any atom is 0.269 e. The van der Waals surface area contributed by atoms with Gasteiger partial charge in [-0.25, -0.2) is 0 Å². The lowest BCUT2D eigenvalue weighted by Gasteiger charge is -2.08. The summed E-state index contributed by atoms with van der Waals surface area (Å²) in [7, 11) is 0. The molecular weight excluding hydrogens is 358 g/mol. The van der Waals surface area contributed by atoms with Gasteiger partial charge in [0.25, 0.3) is 11.6 Å². The Bertz CT molecular complexity index is 814. The minimum Gasteiger partial charge on any atom is -0.493 e. The average Bonchev–Trinajstić information content (AvgIpc) is 3.30. The smallest absolute Gasteiger partial charge is 0.269 e. The highest BCUT2D eigenvalue weighted by Gasteiger charge is 2.25. The van der Waals surface area contributed by atoms with Crippen molar-refractivity contribution in [1.29, 1.82) is 0 Å². The molecule has 2 amide bonds. The standard InChI is InChI=1S/C17H17N3O5S/c21-15(7-9-25-13-5-3-12(4-6-13)20(23)24)19-17-14(8-10-26-17)16(22)18-11-1-2-11/h3-6,8,10-11H,1-2,7,9H2,(H,18,22)(H,19,21). The number of benzene rings is 1. The number of hydrogen-bond acceptors (Lipinski definition) is 6. The fraction of sp³-hybridized carbons (Fsp3) is 0.294. The van der Waals surface area contributed by atoms with Crippen molar-refractivity contribution in [2.24, 2.45) is 0 Å². The van der Waals surface area contributed by atoms with Crippen LogP contribution in [0.3, 0.4) is 0 Å². The Morgan fingerprint density at radius 1 is 1.23 bits per heavy atom. The molecule has 0 bridgehead atoms. The molecular formula is C17H17N3O5S. The van der Waals surface area contributed by atoms with E-state index in [0.717, 1.165) is 12.8 Å².